The van der Waals surface area contributed by atoms with E-state index in [-0.39, 0.29) is 17.8 Å². The first-order valence-corrected chi connectivity index (χ1v) is 6.76. The highest BCUT2D eigenvalue weighted by atomic mass is 19.4. The third kappa shape index (κ3) is 1.98. The Labute approximate surface area is 110 Å². The van der Waals surface area contributed by atoms with Gasteiger partial charge in [-0.05, 0) is 49.9 Å². The third-order valence-corrected chi connectivity index (χ3v) is 5.07. The van der Waals surface area contributed by atoms with Crippen molar-refractivity contribution in [2.24, 2.45) is 23.7 Å². The summed E-state index contributed by atoms with van der Waals surface area (Å²) in [5.41, 5.74) is -1.32. The zero-order valence-electron chi connectivity index (χ0n) is 10.6. The first kappa shape index (κ1) is 13.0. The highest BCUT2D eigenvalue weighted by Gasteiger charge is 2.67. The predicted octanol–water partition coefficient (Wildman–Crippen LogP) is 3.47. The zero-order chi connectivity index (χ0) is 13.8. The standard InChI is InChI=1S/C14H17F3O2/c1-2-11(18)19-13-6-8-3-9(7-13)5-10(4-8)12(13)14(15,16)17/h2,8-10,12H,1,3-7H2. The highest BCUT2D eigenvalue weighted by molar-refractivity contribution is 5.81. The lowest BCUT2D eigenvalue weighted by Gasteiger charge is -2.60. The van der Waals surface area contributed by atoms with Crippen LogP contribution in [0, 0.1) is 23.7 Å². The molecule has 0 spiro atoms. The fourth-order valence-electron chi connectivity index (χ4n) is 4.92. The van der Waals surface area contributed by atoms with Gasteiger partial charge in [-0.1, -0.05) is 6.58 Å². The fraction of sp³-hybridized carbons (Fsp3) is 0.786. The van der Waals surface area contributed by atoms with Gasteiger partial charge in [-0.25, -0.2) is 4.79 Å². The first-order chi connectivity index (χ1) is 8.84. The molecule has 2 nitrogen and oxygen atoms in total. The Morgan fingerprint density at radius 1 is 1.21 bits per heavy atom. The molecular weight excluding hydrogens is 257 g/mol. The van der Waals surface area contributed by atoms with Crippen LogP contribution in [0.3, 0.4) is 0 Å². The normalized spacial score (nSPS) is 44.2. The molecule has 4 bridgehead atoms. The van der Waals surface area contributed by atoms with Crippen molar-refractivity contribution in [1.29, 1.82) is 0 Å². The molecule has 106 valence electrons. The Kier molecular flexibility index (Phi) is 2.74. The zero-order valence-corrected chi connectivity index (χ0v) is 10.6. The summed E-state index contributed by atoms with van der Waals surface area (Å²) in [5.74, 6) is -2.01. The fourth-order valence-corrected chi connectivity index (χ4v) is 4.92. The molecule has 3 atom stereocenters. The van der Waals surface area contributed by atoms with Crippen molar-refractivity contribution in [3.63, 3.8) is 0 Å². The lowest BCUT2D eigenvalue weighted by atomic mass is 9.49. The van der Waals surface area contributed by atoms with E-state index in [1.54, 1.807) is 0 Å². The van der Waals surface area contributed by atoms with Gasteiger partial charge in [-0.2, -0.15) is 13.2 Å². The summed E-state index contributed by atoms with van der Waals surface area (Å²) in [6.45, 7) is 3.29. The Morgan fingerprint density at radius 2 is 1.79 bits per heavy atom. The van der Waals surface area contributed by atoms with Crippen molar-refractivity contribution in [2.75, 3.05) is 0 Å². The summed E-state index contributed by atoms with van der Waals surface area (Å²) in [5, 5.41) is 0. The quantitative estimate of drug-likeness (QED) is 0.569. The molecule has 0 aromatic rings. The van der Waals surface area contributed by atoms with E-state index in [4.69, 9.17) is 4.74 Å². The average Bonchev–Trinajstić information content (AvgIpc) is 2.24. The SMILES string of the molecule is C=CC(=O)OC12CC3CC(CC(C3)C1C(F)(F)F)C2. The Balaban J connectivity index is 1.97. The van der Waals surface area contributed by atoms with Crippen molar-refractivity contribution >= 4 is 5.97 Å². The van der Waals surface area contributed by atoms with Crippen LogP contribution in [0.2, 0.25) is 0 Å². The number of carbonyl (C=O) groups is 1. The van der Waals surface area contributed by atoms with Crippen LogP contribution < -0.4 is 0 Å². The van der Waals surface area contributed by atoms with Crippen LogP contribution in [-0.4, -0.2) is 17.7 Å². The molecule has 0 saturated heterocycles. The Hall–Kier alpha value is -1.00. The van der Waals surface area contributed by atoms with Gasteiger partial charge in [0.05, 0.1) is 5.92 Å². The topological polar surface area (TPSA) is 26.3 Å². The number of hydrogen-bond donors (Lipinski definition) is 0. The summed E-state index contributed by atoms with van der Waals surface area (Å²) < 4.78 is 45.4. The minimum atomic E-state index is -4.29. The molecular formula is C14H17F3O2. The Bertz CT molecular complexity index is 401. The smallest absolute Gasteiger partial charge is 0.395 e. The minimum Gasteiger partial charge on any atom is -0.455 e. The van der Waals surface area contributed by atoms with Crippen LogP contribution in [0.25, 0.3) is 0 Å². The summed E-state index contributed by atoms with van der Waals surface area (Å²) in [4.78, 5) is 11.5. The molecule has 0 aromatic heterocycles. The van der Waals surface area contributed by atoms with E-state index >= 15 is 0 Å². The lowest BCUT2D eigenvalue weighted by Crippen LogP contribution is -2.63. The number of rotatable bonds is 2. The third-order valence-electron chi connectivity index (χ3n) is 5.07. The number of esters is 1. The largest absolute Gasteiger partial charge is 0.455 e. The van der Waals surface area contributed by atoms with Crippen LogP contribution in [0.15, 0.2) is 12.7 Å². The van der Waals surface area contributed by atoms with Gasteiger partial charge in [0.25, 0.3) is 0 Å². The van der Waals surface area contributed by atoms with Gasteiger partial charge >= 0.3 is 12.1 Å². The number of ether oxygens (including phenoxy) is 1. The van der Waals surface area contributed by atoms with E-state index in [1.165, 1.54) is 0 Å². The first-order valence-electron chi connectivity index (χ1n) is 6.76. The molecule has 4 saturated carbocycles. The van der Waals surface area contributed by atoms with Crippen molar-refractivity contribution in [3.8, 4) is 0 Å². The van der Waals surface area contributed by atoms with E-state index < -0.39 is 23.7 Å². The van der Waals surface area contributed by atoms with Crippen LogP contribution >= 0.6 is 0 Å². The number of alkyl halides is 3. The molecule has 19 heavy (non-hydrogen) atoms. The van der Waals surface area contributed by atoms with Crippen molar-refractivity contribution in [2.45, 2.75) is 43.9 Å². The summed E-state index contributed by atoms with van der Waals surface area (Å²) >= 11 is 0. The van der Waals surface area contributed by atoms with E-state index in [0.717, 1.165) is 12.5 Å². The number of carbonyl (C=O) groups excluding carboxylic acids is 1. The van der Waals surface area contributed by atoms with Gasteiger partial charge in [0, 0.05) is 6.08 Å². The summed E-state index contributed by atoms with van der Waals surface area (Å²) in [6.07, 6.45) is -0.338. The predicted molar refractivity (Wildman–Crippen MR) is 62.1 cm³/mol. The second kappa shape index (κ2) is 4.00. The molecule has 0 N–H and O–H groups in total. The minimum absolute atomic E-state index is 0.286. The molecule has 4 fully saturated rings. The van der Waals surface area contributed by atoms with Crippen LogP contribution in [0.4, 0.5) is 13.2 Å². The molecule has 4 aliphatic carbocycles. The molecule has 0 amide bonds. The maximum Gasteiger partial charge on any atom is 0.395 e. The van der Waals surface area contributed by atoms with Gasteiger partial charge in [0.2, 0.25) is 0 Å². The second-order valence-electron chi connectivity index (χ2n) is 6.32. The molecule has 5 heteroatoms. The lowest BCUT2D eigenvalue weighted by molar-refractivity contribution is -0.293. The van der Waals surface area contributed by atoms with E-state index in [1.807, 2.05) is 0 Å². The van der Waals surface area contributed by atoms with Gasteiger partial charge in [-0.15, -0.1) is 0 Å². The highest BCUT2D eigenvalue weighted by Crippen LogP contribution is 2.63. The monoisotopic (exact) mass is 274 g/mol. The molecule has 4 aliphatic rings. The van der Waals surface area contributed by atoms with E-state index in [9.17, 15) is 18.0 Å². The van der Waals surface area contributed by atoms with E-state index in [0.29, 0.717) is 25.7 Å². The molecule has 3 unspecified atom stereocenters. The van der Waals surface area contributed by atoms with Gasteiger partial charge < -0.3 is 4.74 Å². The Morgan fingerprint density at radius 3 is 2.26 bits per heavy atom. The van der Waals surface area contributed by atoms with Crippen molar-refractivity contribution in [3.05, 3.63) is 12.7 Å². The molecule has 0 radical (unpaired) electrons. The number of hydrogen-bond acceptors (Lipinski definition) is 2. The summed E-state index contributed by atoms with van der Waals surface area (Å²) in [6, 6.07) is 0. The van der Waals surface area contributed by atoms with Gasteiger partial charge in [0.1, 0.15) is 5.60 Å². The average molecular weight is 274 g/mol. The van der Waals surface area contributed by atoms with Gasteiger partial charge in [0.15, 0.2) is 0 Å². The number of halogens is 3. The van der Waals surface area contributed by atoms with Crippen molar-refractivity contribution < 1.29 is 22.7 Å². The second-order valence-corrected chi connectivity index (χ2v) is 6.32. The maximum absolute atomic E-state index is 13.4. The van der Waals surface area contributed by atoms with Crippen LogP contribution in [-0.2, 0) is 9.53 Å². The maximum atomic E-state index is 13.4. The molecule has 0 aliphatic heterocycles. The van der Waals surface area contributed by atoms with Crippen LogP contribution in [0.5, 0.6) is 0 Å². The van der Waals surface area contributed by atoms with Crippen molar-refractivity contribution in [1.82, 2.24) is 0 Å². The van der Waals surface area contributed by atoms with Gasteiger partial charge in [-0.3, -0.25) is 0 Å². The molecule has 0 heterocycles. The summed E-state index contributed by atoms with van der Waals surface area (Å²) in [7, 11) is 0. The van der Waals surface area contributed by atoms with Crippen LogP contribution in [0.1, 0.15) is 32.1 Å². The molecule has 0 aromatic carbocycles. The molecule has 4 rings (SSSR count). The van der Waals surface area contributed by atoms with E-state index in [2.05, 4.69) is 6.58 Å².